The minimum absolute atomic E-state index is 0.118. The van der Waals surface area contributed by atoms with E-state index in [0.29, 0.717) is 22.5 Å². The Morgan fingerprint density at radius 3 is 2.57 bits per heavy atom. The van der Waals surface area contributed by atoms with E-state index >= 15 is 0 Å². The number of halogens is 1. The predicted molar refractivity (Wildman–Crippen MR) is 112 cm³/mol. The van der Waals surface area contributed by atoms with Crippen molar-refractivity contribution in [2.45, 2.75) is 33.3 Å². The topological polar surface area (TPSA) is 75.7 Å². The number of nitrogens with zero attached hydrogens (tertiary/aromatic N) is 1. The van der Waals surface area contributed by atoms with Crippen LogP contribution in [0.15, 0.2) is 29.2 Å². The molecule has 1 fully saturated rings. The van der Waals surface area contributed by atoms with Crippen molar-refractivity contribution in [1.82, 2.24) is 10.2 Å². The largest absolute Gasteiger partial charge is 0.369 e. The van der Waals surface area contributed by atoms with Gasteiger partial charge in [0.25, 0.3) is 11.1 Å². The Hall–Kier alpha value is -1.83. The monoisotopic (exact) mass is 424 g/mol. The van der Waals surface area contributed by atoms with Crippen LogP contribution in [0.4, 0.5) is 4.79 Å². The highest BCUT2D eigenvalue weighted by atomic mass is 35.5. The van der Waals surface area contributed by atoms with Crippen LogP contribution in [0.2, 0.25) is 5.02 Å². The highest BCUT2D eigenvalue weighted by Crippen LogP contribution is 2.32. The van der Waals surface area contributed by atoms with Crippen molar-refractivity contribution < 1.29 is 19.1 Å². The van der Waals surface area contributed by atoms with Crippen molar-refractivity contribution in [2.24, 2.45) is 5.92 Å². The lowest BCUT2D eigenvalue weighted by atomic mass is 10.1. The van der Waals surface area contributed by atoms with E-state index in [2.05, 4.69) is 19.2 Å². The summed E-state index contributed by atoms with van der Waals surface area (Å²) in [5.41, 5.74) is 0.788. The first-order chi connectivity index (χ1) is 13.3. The van der Waals surface area contributed by atoms with Gasteiger partial charge in [-0.25, -0.2) is 0 Å². The molecule has 1 heterocycles. The maximum Gasteiger partial charge on any atom is 0.293 e. The molecule has 1 atom stereocenters. The van der Waals surface area contributed by atoms with E-state index in [9.17, 15) is 14.4 Å². The van der Waals surface area contributed by atoms with Crippen molar-refractivity contribution in [2.75, 3.05) is 19.7 Å². The number of thioether (sulfide) groups is 1. The van der Waals surface area contributed by atoms with Gasteiger partial charge in [0.05, 0.1) is 4.91 Å². The first-order valence-electron chi connectivity index (χ1n) is 9.18. The maximum atomic E-state index is 12.5. The van der Waals surface area contributed by atoms with E-state index in [-0.39, 0.29) is 30.1 Å². The maximum absolute atomic E-state index is 12.5. The number of imide groups is 1. The van der Waals surface area contributed by atoms with Gasteiger partial charge < -0.3 is 10.1 Å². The molecule has 1 saturated heterocycles. The Balaban J connectivity index is 1.82. The Morgan fingerprint density at radius 1 is 1.25 bits per heavy atom. The van der Waals surface area contributed by atoms with Crippen molar-refractivity contribution in [3.63, 3.8) is 0 Å². The Kier molecular flexibility index (Phi) is 8.54. The van der Waals surface area contributed by atoms with Gasteiger partial charge in [0.15, 0.2) is 0 Å². The van der Waals surface area contributed by atoms with E-state index in [1.807, 2.05) is 0 Å². The summed E-state index contributed by atoms with van der Waals surface area (Å²) >= 11 is 6.74. The molecule has 0 spiro atoms. The van der Waals surface area contributed by atoms with Gasteiger partial charge in [-0.1, -0.05) is 37.6 Å². The van der Waals surface area contributed by atoms with Crippen LogP contribution in [0.1, 0.15) is 32.8 Å². The number of carbonyl (C=O) groups excluding carboxylic acids is 3. The number of carbonyl (C=O) groups is 3. The summed E-state index contributed by atoms with van der Waals surface area (Å²) in [6.07, 6.45) is 1.97. The molecule has 2 rings (SSSR count). The number of ether oxygens (including phenoxy) is 1. The summed E-state index contributed by atoms with van der Waals surface area (Å²) in [4.78, 5) is 38.1. The molecule has 1 aliphatic rings. The van der Waals surface area contributed by atoms with E-state index in [1.54, 1.807) is 37.3 Å². The van der Waals surface area contributed by atoms with Crippen LogP contribution in [-0.4, -0.2) is 47.8 Å². The molecule has 1 aromatic rings. The van der Waals surface area contributed by atoms with E-state index in [1.165, 1.54) is 0 Å². The summed E-state index contributed by atoms with van der Waals surface area (Å²) in [6.45, 7) is 6.68. The molecular formula is C20H25ClN2O4S. The van der Waals surface area contributed by atoms with Crippen LogP contribution in [0.5, 0.6) is 0 Å². The predicted octanol–water partition coefficient (Wildman–Crippen LogP) is 3.94. The molecule has 0 radical (unpaired) electrons. The molecule has 1 aliphatic heterocycles. The van der Waals surface area contributed by atoms with Crippen molar-refractivity contribution in [1.29, 1.82) is 0 Å². The fourth-order valence-electron chi connectivity index (χ4n) is 2.39. The average molecular weight is 425 g/mol. The molecule has 8 heteroatoms. The summed E-state index contributed by atoms with van der Waals surface area (Å²) < 4.78 is 5.49. The minimum atomic E-state index is -0.571. The molecule has 1 aromatic carbocycles. The Bertz CT molecular complexity index is 749. The van der Waals surface area contributed by atoms with E-state index in [4.69, 9.17) is 16.3 Å². The standard InChI is InChI=1S/C20H25ClN2O4S/c1-13(2)8-11-27-14(3)18(24)22-9-10-23-19(25)17(28-20(23)26)12-15-4-6-16(21)7-5-15/h4-7,12-14H,8-11H2,1-3H3,(H,22,24)/b17-12+. The molecular weight excluding hydrogens is 400 g/mol. The van der Waals surface area contributed by atoms with Crippen LogP contribution in [0, 0.1) is 5.92 Å². The van der Waals surface area contributed by atoms with Gasteiger partial charge in [-0.05, 0) is 54.8 Å². The number of rotatable bonds is 9. The zero-order valence-electron chi connectivity index (χ0n) is 16.2. The summed E-state index contributed by atoms with van der Waals surface area (Å²) in [5.74, 6) is -0.108. The number of benzene rings is 1. The van der Waals surface area contributed by atoms with E-state index in [0.717, 1.165) is 28.6 Å². The highest BCUT2D eigenvalue weighted by molar-refractivity contribution is 8.18. The zero-order chi connectivity index (χ0) is 20.7. The van der Waals surface area contributed by atoms with Gasteiger partial charge in [-0.3, -0.25) is 19.3 Å². The normalized spacial score (nSPS) is 16.9. The second-order valence-electron chi connectivity index (χ2n) is 6.87. The van der Waals surface area contributed by atoms with Gasteiger partial charge in [0, 0.05) is 24.7 Å². The van der Waals surface area contributed by atoms with Crippen LogP contribution >= 0.6 is 23.4 Å². The first kappa shape index (κ1) is 22.5. The van der Waals surface area contributed by atoms with Crippen molar-refractivity contribution in [3.05, 3.63) is 39.8 Å². The Labute approximate surface area is 174 Å². The van der Waals surface area contributed by atoms with Gasteiger partial charge in [0.1, 0.15) is 6.10 Å². The molecule has 0 bridgehead atoms. The molecule has 3 amide bonds. The molecule has 152 valence electrons. The molecule has 0 aromatic heterocycles. The lowest BCUT2D eigenvalue weighted by molar-refractivity contribution is -0.132. The SMILES string of the molecule is CC(C)CCOC(C)C(=O)NCCN1C(=O)S/C(=C/c2ccc(Cl)cc2)C1=O. The quantitative estimate of drug-likeness (QED) is 0.607. The lowest BCUT2D eigenvalue weighted by Crippen LogP contribution is -2.41. The van der Waals surface area contributed by atoms with Gasteiger partial charge in [0.2, 0.25) is 5.91 Å². The van der Waals surface area contributed by atoms with Crippen LogP contribution in [0.3, 0.4) is 0 Å². The second kappa shape index (κ2) is 10.6. The molecule has 6 nitrogen and oxygen atoms in total. The van der Waals surface area contributed by atoms with Gasteiger partial charge in [-0.2, -0.15) is 0 Å². The number of hydrogen-bond donors (Lipinski definition) is 1. The smallest absolute Gasteiger partial charge is 0.293 e. The first-order valence-corrected chi connectivity index (χ1v) is 10.4. The molecule has 1 unspecified atom stereocenters. The van der Waals surface area contributed by atoms with E-state index < -0.39 is 6.10 Å². The molecule has 0 aliphatic carbocycles. The van der Waals surface area contributed by atoms with Crippen LogP contribution in [0.25, 0.3) is 6.08 Å². The Morgan fingerprint density at radius 2 is 1.93 bits per heavy atom. The number of nitrogens with one attached hydrogen (secondary N) is 1. The highest BCUT2D eigenvalue weighted by Gasteiger charge is 2.34. The average Bonchev–Trinajstić information content (AvgIpc) is 2.90. The summed E-state index contributed by atoms with van der Waals surface area (Å²) in [6, 6.07) is 6.99. The summed E-state index contributed by atoms with van der Waals surface area (Å²) in [5, 5.41) is 2.96. The van der Waals surface area contributed by atoms with Gasteiger partial charge in [-0.15, -0.1) is 0 Å². The summed E-state index contributed by atoms with van der Waals surface area (Å²) in [7, 11) is 0. The molecule has 28 heavy (non-hydrogen) atoms. The molecule has 0 saturated carbocycles. The van der Waals surface area contributed by atoms with Crippen molar-refractivity contribution >= 4 is 46.5 Å². The number of hydrogen-bond acceptors (Lipinski definition) is 5. The third-order valence-electron chi connectivity index (χ3n) is 4.11. The fourth-order valence-corrected chi connectivity index (χ4v) is 3.39. The third kappa shape index (κ3) is 6.65. The number of amides is 3. The van der Waals surface area contributed by atoms with Crippen molar-refractivity contribution in [3.8, 4) is 0 Å². The van der Waals surface area contributed by atoms with Gasteiger partial charge >= 0.3 is 0 Å². The fraction of sp³-hybridized carbons (Fsp3) is 0.450. The minimum Gasteiger partial charge on any atom is -0.369 e. The van der Waals surface area contributed by atoms with Crippen LogP contribution in [-0.2, 0) is 14.3 Å². The van der Waals surface area contributed by atoms with Crippen LogP contribution < -0.4 is 5.32 Å². The lowest BCUT2D eigenvalue weighted by Gasteiger charge is -2.16. The molecule has 1 N–H and O–H groups in total. The third-order valence-corrected chi connectivity index (χ3v) is 5.27. The second-order valence-corrected chi connectivity index (χ2v) is 8.30. The zero-order valence-corrected chi connectivity index (χ0v) is 17.8.